The predicted molar refractivity (Wildman–Crippen MR) is 78.5 cm³/mol. The number of anilines is 2. The summed E-state index contributed by atoms with van der Waals surface area (Å²) in [4.78, 5) is 2.31. The first-order chi connectivity index (χ1) is 9.00. The number of methoxy groups -OCH3 is 1. The predicted octanol–water partition coefficient (Wildman–Crippen LogP) is 1.96. The van der Waals surface area contributed by atoms with E-state index < -0.39 is 0 Å². The lowest BCUT2D eigenvalue weighted by Gasteiger charge is -2.40. The Balaban J connectivity index is 2.26. The number of nitrogen functional groups attached to an aromatic ring is 1. The SMILES string of the molecule is CCCc1nn(C)c(N2CCCC(C)(OC)C2)c1N. The Kier molecular flexibility index (Phi) is 4.04. The van der Waals surface area contributed by atoms with Crippen molar-refractivity contribution in [2.24, 2.45) is 7.05 Å². The minimum absolute atomic E-state index is 0.0835. The number of aryl methyl sites for hydroxylation is 2. The van der Waals surface area contributed by atoms with Crippen molar-refractivity contribution in [3.63, 3.8) is 0 Å². The van der Waals surface area contributed by atoms with E-state index >= 15 is 0 Å². The topological polar surface area (TPSA) is 56.3 Å². The van der Waals surface area contributed by atoms with E-state index in [1.807, 2.05) is 11.7 Å². The van der Waals surface area contributed by atoms with Crippen LogP contribution < -0.4 is 10.6 Å². The highest BCUT2D eigenvalue weighted by molar-refractivity contribution is 5.66. The lowest BCUT2D eigenvalue weighted by molar-refractivity contribution is -0.00490. The van der Waals surface area contributed by atoms with Crippen LogP contribution >= 0.6 is 0 Å². The normalized spacial score (nSPS) is 23.9. The molecule has 0 radical (unpaired) electrons. The zero-order valence-electron chi connectivity index (χ0n) is 12.6. The maximum absolute atomic E-state index is 6.29. The van der Waals surface area contributed by atoms with Crippen LogP contribution in [0.5, 0.6) is 0 Å². The Labute approximate surface area is 115 Å². The van der Waals surface area contributed by atoms with Crippen molar-refractivity contribution in [3.8, 4) is 0 Å². The number of aromatic nitrogens is 2. The van der Waals surface area contributed by atoms with E-state index in [0.29, 0.717) is 0 Å². The maximum Gasteiger partial charge on any atom is 0.150 e. The molecule has 0 aromatic carbocycles. The highest BCUT2D eigenvalue weighted by atomic mass is 16.5. The summed E-state index contributed by atoms with van der Waals surface area (Å²) in [5.41, 5.74) is 8.06. The quantitative estimate of drug-likeness (QED) is 0.905. The second-order valence-electron chi connectivity index (χ2n) is 5.74. The Hall–Kier alpha value is -1.23. The second-order valence-corrected chi connectivity index (χ2v) is 5.74. The van der Waals surface area contributed by atoms with Crippen molar-refractivity contribution < 1.29 is 4.74 Å². The van der Waals surface area contributed by atoms with Crippen molar-refractivity contribution in [2.45, 2.75) is 45.1 Å². The fraction of sp³-hybridized carbons (Fsp3) is 0.786. The third-order valence-electron chi connectivity index (χ3n) is 4.07. The molecule has 0 aliphatic carbocycles. The van der Waals surface area contributed by atoms with Gasteiger partial charge in [0.1, 0.15) is 0 Å². The second kappa shape index (κ2) is 5.41. The molecular weight excluding hydrogens is 240 g/mol. The zero-order chi connectivity index (χ0) is 14.0. The van der Waals surface area contributed by atoms with E-state index in [2.05, 4.69) is 23.8 Å². The van der Waals surface area contributed by atoms with Crippen LogP contribution in [-0.2, 0) is 18.2 Å². The number of piperidine rings is 1. The number of nitrogens with zero attached hydrogens (tertiary/aromatic N) is 3. The van der Waals surface area contributed by atoms with Gasteiger partial charge in [0.15, 0.2) is 5.82 Å². The van der Waals surface area contributed by atoms with E-state index in [0.717, 1.165) is 56.0 Å². The summed E-state index contributed by atoms with van der Waals surface area (Å²) >= 11 is 0. The molecular formula is C14H26N4O. The van der Waals surface area contributed by atoms with Crippen LogP contribution in [0, 0.1) is 0 Å². The zero-order valence-corrected chi connectivity index (χ0v) is 12.6. The highest BCUT2D eigenvalue weighted by Crippen LogP contribution is 2.32. The van der Waals surface area contributed by atoms with E-state index in [1.54, 1.807) is 7.11 Å². The van der Waals surface area contributed by atoms with Gasteiger partial charge >= 0.3 is 0 Å². The van der Waals surface area contributed by atoms with Gasteiger partial charge in [0.05, 0.1) is 17.0 Å². The first kappa shape index (κ1) is 14.2. The van der Waals surface area contributed by atoms with Crippen LogP contribution in [0.2, 0.25) is 0 Å². The average molecular weight is 266 g/mol. The van der Waals surface area contributed by atoms with Crippen LogP contribution in [0.15, 0.2) is 0 Å². The summed E-state index contributed by atoms with van der Waals surface area (Å²) in [7, 11) is 3.77. The molecule has 2 N–H and O–H groups in total. The molecule has 0 saturated carbocycles. The van der Waals surface area contributed by atoms with Crippen LogP contribution in [0.3, 0.4) is 0 Å². The number of nitrogens with two attached hydrogens (primary N) is 1. The lowest BCUT2D eigenvalue weighted by atomic mass is 9.94. The summed E-state index contributed by atoms with van der Waals surface area (Å²) in [5, 5.41) is 4.56. The molecule has 1 aliphatic heterocycles. The van der Waals surface area contributed by atoms with Gasteiger partial charge in [-0.2, -0.15) is 5.10 Å². The van der Waals surface area contributed by atoms with Gasteiger partial charge in [-0.15, -0.1) is 0 Å². The first-order valence-electron chi connectivity index (χ1n) is 7.12. The van der Waals surface area contributed by atoms with Crippen molar-refractivity contribution in [3.05, 3.63) is 5.69 Å². The molecule has 108 valence electrons. The van der Waals surface area contributed by atoms with E-state index in [4.69, 9.17) is 10.5 Å². The molecule has 19 heavy (non-hydrogen) atoms. The standard InChI is InChI=1S/C14H26N4O/c1-5-7-11-12(15)13(17(3)16-11)18-9-6-8-14(2,10-18)19-4/h5-10,15H2,1-4H3. The minimum atomic E-state index is -0.0835. The van der Waals surface area contributed by atoms with Gasteiger partial charge in [-0.05, 0) is 26.2 Å². The Morgan fingerprint density at radius 3 is 2.84 bits per heavy atom. The van der Waals surface area contributed by atoms with Crippen LogP contribution in [-0.4, -0.2) is 35.6 Å². The average Bonchev–Trinajstić information content (AvgIpc) is 2.65. The smallest absolute Gasteiger partial charge is 0.150 e. The molecule has 0 bridgehead atoms. The van der Waals surface area contributed by atoms with Crippen molar-refractivity contribution >= 4 is 11.5 Å². The van der Waals surface area contributed by atoms with Gasteiger partial charge in [-0.1, -0.05) is 13.3 Å². The van der Waals surface area contributed by atoms with Crippen LogP contribution in [0.1, 0.15) is 38.8 Å². The largest absolute Gasteiger partial charge is 0.394 e. The maximum atomic E-state index is 6.29. The van der Waals surface area contributed by atoms with Crippen molar-refractivity contribution in [2.75, 3.05) is 30.8 Å². The molecule has 5 heteroatoms. The summed E-state index contributed by atoms with van der Waals surface area (Å²) in [6.45, 7) is 6.21. The molecule has 1 aromatic rings. The summed E-state index contributed by atoms with van der Waals surface area (Å²) in [5.74, 6) is 1.05. The minimum Gasteiger partial charge on any atom is -0.394 e. The summed E-state index contributed by atoms with van der Waals surface area (Å²) in [6.07, 6.45) is 4.23. The molecule has 1 aliphatic rings. The van der Waals surface area contributed by atoms with Crippen molar-refractivity contribution in [1.82, 2.24) is 9.78 Å². The van der Waals surface area contributed by atoms with Gasteiger partial charge in [0.25, 0.3) is 0 Å². The number of rotatable bonds is 4. The monoisotopic (exact) mass is 266 g/mol. The number of ether oxygens (including phenoxy) is 1. The highest BCUT2D eigenvalue weighted by Gasteiger charge is 2.33. The summed E-state index contributed by atoms with van der Waals surface area (Å²) in [6, 6.07) is 0. The van der Waals surface area contributed by atoms with Gasteiger partial charge in [-0.25, -0.2) is 0 Å². The van der Waals surface area contributed by atoms with E-state index in [-0.39, 0.29) is 5.60 Å². The fourth-order valence-electron chi connectivity index (χ4n) is 2.94. The van der Waals surface area contributed by atoms with Crippen LogP contribution in [0.25, 0.3) is 0 Å². The number of hydrogen-bond acceptors (Lipinski definition) is 4. The molecule has 1 atom stereocenters. The third-order valence-corrected chi connectivity index (χ3v) is 4.07. The number of hydrogen-bond donors (Lipinski definition) is 1. The summed E-state index contributed by atoms with van der Waals surface area (Å²) < 4.78 is 7.57. The molecule has 1 saturated heterocycles. The van der Waals surface area contributed by atoms with Gasteiger partial charge < -0.3 is 15.4 Å². The molecule has 1 fully saturated rings. The third kappa shape index (κ3) is 2.71. The Morgan fingerprint density at radius 1 is 1.47 bits per heavy atom. The van der Waals surface area contributed by atoms with E-state index in [1.165, 1.54) is 0 Å². The van der Waals surface area contributed by atoms with Gasteiger partial charge in [0.2, 0.25) is 0 Å². The lowest BCUT2D eigenvalue weighted by Crippen LogP contribution is -2.48. The first-order valence-corrected chi connectivity index (χ1v) is 7.12. The molecule has 1 unspecified atom stereocenters. The van der Waals surface area contributed by atoms with Crippen molar-refractivity contribution in [1.29, 1.82) is 0 Å². The Morgan fingerprint density at radius 2 is 2.21 bits per heavy atom. The molecule has 0 spiro atoms. The molecule has 0 amide bonds. The Bertz CT molecular complexity index is 443. The molecule has 2 rings (SSSR count). The van der Waals surface area contributed by atoms with E-state index in [9.17, 15) is 0 Å². The molecule has 2 heterocycles. The van der Waals surface area contributed by atoms with Crippen LogP contribution in [0.4, 0.5) is 11.5 Å². The fourth-order valence-corrected chi connectivity index (χ4v) is 2.94. The van der Waals surface area contributed by atoms with Gasteiger partial charge in [0, 0.05) is 27.2 Å². The molecule has 5 nitrogen and oxygen atoms in total. The van der Waals surface area contributed by atoms with Gasteiger partial charge in [-0.3, -0.25) is 4.68 Å². The molecule has 1 aromatic heterocycles.